The molecule has 82 valence electrons. The second-order valence-electron chi connectivity index (χ2n) is 4.76. The summed E-state index contributed by atoms with van der Waals surface area (Å²) >= 11 is 0. The number of aryl methyl sites for hydroxylation is 1. The van der Waals surface area contributed by atoms with Crippen molar-refractivity contribution in [1.29, 1.82) is 0 Å². The van der Waals surface area contributed by atoms with E-state index in [-0.39, 0.29) is 0 Å². The van der Waals surface area contributed by atoms with Crippen molar-refractivity contribution in [3.8, 4) is 5.75 Å². The maximum absolute atomic E-state index is 9.59. The summed E-state index contributed by atoms with van der Waals surface area (Å²) in [5, 5.41) is 13.1. The van der Waals surface area contributed by atoms with Crippen molar-refractivity contribution in [3.63, 3.8) is 0 Å². The molecule has 1 saturated carbocycles. The van der Waals surface area contributed by atoms with Gasteiger partial charge in [0.15, 0.2) is 0 Å². The first-order chi connectivity index (χ1) is 7.15. The van der Waals surface area contributed by atoms with Crippen LogP contribution in [0.3, 0.4) is 0 Å². The topological polar surface area (TPSA) is 32.3 Å². The Morgan fingerprint density at radius 1 is 1.33 bits per heavy atom. The van der Waals surface area contributed by atoms with Gasteiger partial charge in [0.25, 0.3) is 0 Å². The number of phenolic OH excluding ortho intramolecular Hbond substituents is 1. The Morgan fingerprint density at radius 3 is 2.73 bits per heavy atom. The minimum Gasteiger partial charge on any atom is -0.508 e. The molecule has 2 heteroatoms. The van der Waals surface area contributed by atoms with Crippen molar-refractivity contribution in [3.05, 3.63) is 23.8 Å². The van der Waals surface area contributed by atoms with E-state index in [4.69, 9.17) is 0 Å². The van der Waals surface area contributed by atoms with Crippen LogP contribution in [0.1, 0.15) is 31.7 Å². The molecule has 15 heavy (non-hydrogen) atoms. The summed E-state index contributed by atoms with van der Waals surface area (Å²) in [5.41, 5.74) is 1.97. The summed E-state index contributed by atoms with van der Waals surface area (Å²) in [6.07, 6.45) is 3.81. The molecule has 2 atom stereocenters. The van der Waals surface area contributed by atoms with Crippen LogP contribution < -0.4 is 5.32 Å². The molecule has 1 aliphatic rings. The smallest absolute Gasteiger partial charge is 0.120 e. The van der Waals surface area contributed by atoms with Crippen LogP contribution in [-0.4, -0.2) is 11.1 Å². The van der Waals surface area contributed by atoms with Crippen LogP contribution in [0.2, 0.25) is 0 Å². The highest BCUT2D eigenvalue weighted by Crippen LogP contribution is 2.29. The van der Waals surface area contributed by atoms with Crippen molar-refractivity contribution in [2.24, 2.45) is 5.92 Å². The van der Waals surface area contributed by atoms with Gasteiger partial charge >= 0.3 is 0 Å². The first-order valence-electron chi connectivity index (χ1n) is 5.71. The fraction of sp³-hybridized carbons (Fsp3) is 0.538. The van der Waals surface area contributed by atoms with E-state index in [0.29, 0.717) is 11.8 Å². The van der Waals surface area contributed by atoms with E-state index in [2.05, 4.69) is 12.2 Å². The predicted octanol–water partition coefficient (Wildman–Crippen LogP) is 3.30. The van der Waals surface area contributed by atoms with Gasteiger partial charge in [0.2, 0.25) is 0 Å². The van der Waals surface area contributed by atoms with Gasteiger partial charge in [-0.15, -0.1) is 0 Å². The maximum atomic E-state index is 9.59. The van der Waals surface area contributed by atoms with Crippen molar-refractivity contribution in [2.45, 2.75) is 39.2 Å². The lowest BCUT2D eigenvalue weighted by Crippen LogP contribution is -2.15. The Bertz CT molecular complexity index is 348. The van der Waals surface area contributed by atoms with Gasteiger partial charge in [0, 0.05) is 17.8 Å². The van der Waals surface area contributed by atoms with Gasteiger partial charge in [-0.05, 0) is 43.7 Å². The molecule has 0 amide bonds. The standard InChI is InChI=1S/C13H19NO/c1-9-3-5-11(7-9)14-12-6-4-10(2)13(15)8-12/h4,6,8-9,11,14-15H,3,5,7H2,1-2H3. The Hall–Kier alpha value is -1.18. The zero-order chi connectivity index (χ0) is 10.8. The SMILES string of the molecule is Cc1ccc(NC2CCC(C)C2)cc1O. The number of nitrogens with one attached hydrogen (secondary N) is 1. The third-order valence-electron chi connectivity index (χ3n) is 3.27. The average molecular weight is 205 g/mol. The number of hydrogen-bond donors (Lipinski definition) is 2. The second kappa shape index (κ2) is 4.13. The van der Waals surface area contributed by atoms with E-state index in [0.717, 1.165) is 17.2 Å². The highest BCUT2D eigenvalue weighted by molar-refractivity contribution is 5.51. The van der Waals surface area contributed by atoms with Crippen LogP contribution in [-0.2, 0) is 0 Å². The van der Waals surface area contributed by atoms with Gasteiger partial charge in [-0.2, -0.15) is 0 Å². The van der Waals surface area contributed by atoms with E-state index in [1.807, 2.05) is 25.1 Å². The Balaban J connectivity index is 2.02. The number of hydrogen-bond acceptors (Lipinski definition) is 2. The lowest BCUT2D eigenvalue weighted by molar-refractivity contribution is 0.471. The molecule has 1 aliphatic carbocycles. The third kappa shape index (κ3) is 2.44. The summed E-state index contributed by atoms with van der Waals surface area (Å²) in [4.78, 5) is 0. The first-order valence-corrected chi connectivity index (χ1v) is 5.71. The Kier molecular flexibility index (Phi) is 2.85. The van der Waals surface area contributed by atoms with Gasteiger partial charge < -0.3 is 10.4 Å². The molecule has 2 unspecified atom stereocenters. The largest absolute Gasteiger partial charge is 0.508 e. The summed E-state index contributed by atoms with van der Waals surface area (Å²) in [6, 6.07) is 6.40. The molecule has 0 aromatic heterocycles. The molecule has 0 bridgehead atoms. The number of anilines is 1. The predicted molar refractivity (Wildman–Crippen MR) is 63.3 cm³/mol. The van der Waals surface area contributed by atoms with E-state index in [9.17, 15) is 5.11 Å². The molecule has 2 N–H and O–H groups in total. The van der Waals surface area contributed by atoms with E-state index in [1.54, 1.807) is 0 Å². The highest BCUT2D eigenvalue weighted by Gasteiger charge is 2.20. The van der Waals surface area contributed by atoms with Crippen LogP contribution >= 0.6 is 0 Å². The number of aromatic hydroxyl groups is 1. The molecule has 1 aromatic rings. The molecule has 0 aliphatic heterocycles. The second-order valence-corrected chi connectivity index (χ2v) is 4.76. The minimum absolute atomic E-state index is 0.381. The fourth-order valence-corrected chi connectivity index (χ4v) is 2.27. The molecular weight excluding hydrogens is 186 g/mol. The minimum atomic E-state index is 0.381. The zero-order valence-corrected chi connectivity index (χ0v) is 9.46. The summed E-state index contributed by atoms with van der Waals surface area (Å²) in [6.45, 7) is 4.21. The zero-order valence-electron chi connectivity index (χ0n) is 9.46. The van der Waals surface area contributed by atoms with Crippen LogP contribution in [0.4, 0.5) is 5.69 Å². The Labute approximate surface area is 91.3 Å². The monoisotopic (exact) mass is 205 g/mol. The first kappa shape index (κ1) is 10.3. The van der Waals surface area contributed by atoms with Crippen LogP contribution in [0.25, 0.3) is 0 Å². The van der Waals surface area contributed by atoms with Crippen molar-refractivity contribution >= 4 is 5.69 Å². The van der Waals surface area contributed by atoms with Crippen molar-refractivity contribution in [1.82, 2.24) is 0 Å². The number of phenols is 1. The lowest BCUT2D eigenvalue weighted by Gasteiger charge is -2.14. The van der Waals surface area contributed by atoms with Gasteiger partial charge in [-0.3, -0.25) is 0 Å². The van der Waals surface area contributed by atoms with Gasteiger partial charge in [-0.1, -0.05) is 13.0 Å². The molecule has 2 rings (SSSR count). The van der Waals surface area contributed by atoms with Crippen molar-refractivity contribution < 1.29 is 5.11 Å². The van der Waals surface area contributed by atoms with E-state index in [1.165, 1.54) is 19.3 Å². The molecular formula is C13H19NO. The molecule has 1 aromatic carbocycles. The van der Waals surface area contributed by atoms with Crippen LogP contribution in [0, 0.1) is 12.8 Å². The van der Waals surface area contributed by atoms with Crippen molar-refractivity contribution in [2.75, 3.05) is 5.32 Å². The molecule has 2 nitrogen and oxygen atoms in total. The van der Waals surface area contributed by atoms with Crippen LogP contribution in [0.5, 0.6) is 5.75 Å². The molecule has 0 radical (unpaired) electrons. The quantitative estimate of drug-likeness (QED) is 0.776. The number of benzene rings is 1. The molecule has 1 fully saturated rings. The van der Waals surface area contributed by atoms with E-state index < -0.39 is 0 Å². The normalized spacial score (nSPS) is 25.5. The third-order valence-corrected chi connectivity index (χ3v) is 3.27. The van der Waals surface area contributed by atoms with E-state index >= 15 is 0 Å². The highest BCUT2D eigenvalue weighted by atomic mass is 16.3. The van der Waals surface area contributed by atoms with Crippen LogP contribution in [0.15, 0.2) is 18.2 Å². The molecule has 0 spiro atoms. The fourth-order valence-electron chi connectivity index (χ4n) is 2.27. The van der Waals surface area contributed by atoms with Gasteiger partial charge in [-0.25, -0.2) is 0 Å². The van der Waals surface area contributed by atoms with Gasteiger partial charge in [0.05, 0.1) is 0 Å². The number of rotatable bonds is 2. The maximum Gasteiger partial charge on any atom is 0.120 e. The molecule has 0 saturated heterocycles. The summed E-state index contributed by atoms with van der Waals surface area (Å²) < 4.78 is 0. The lowest BCUT2D eigenvalue weighted by atomic mass is 10.1. The average Bonchev–Trinajstić information content (AvgIpc) is 2.58. The summed E-state index contributed by atoms with van der Waals surface area (Å²) in [7, 11) is 0. The van der Waals surface area contributed by atoms with Gasteiger partial charge in [0.1, 0.15) is 5.75 Å². The summed E-state index contributed by atoms with van der Waals surface area (Å²) in [5.74, 6) is 1.22. The Morgan fingerprint density at radius 2 is 2.13 bits per heavy atom. The molecule has 0 heterocycles.